The van der Waals surface area contributed by atoms with Crippen molar-refractivity contribution in [2.75, 3.05) is 42.1 Å². The number of hydrogen-bond acceptors (Lipinski definition) is 5. The van der Waals surface area contributed by atoms with Crippen LogP contribution in [0.2, 0.25) is 10.0 Å². The highest BCUT2D eigenvalue weighted by molar-refractivity contribution is 8.00. The Kier molecular flexibility index (Phi) is 7.63. The molecule has 0 saturated carbocycles. The van der Waals surface area contributed by atoms with Crippen LogP contribution in [-0.4, -0.2) is 48.6 Å². The van der Waals surface area contributed by atoms with Gasteiger partial charge < -0.3 is 15.1 Å². The number of hydrogen-bond donors (Lipinski definition) is 1. The minimum atomic E-state index is -0.102. The van der Waals surface area contributed by atoms with E-state index in [1.807, 2.05) is 46.7 Å². The molecule has 2 heterocycles. The zero-order valence-electron chi connectivity index (χ0n) is 17.1. The number of benzene rings is 2. The third-order valence-corrected chi connectivity index (χ3v) is 7.48. The van der Waals surface area contributed by atoms with Crippen molar-refractivity contribution in [3.05, 3.63) is 74.9 Å². The highest BCUT2D eigenvalue weighted by Crippen LogP contribution is 2.30. The summed E-state index contributed by atoms with van der Waals surface area (Å²) in [6.45, 7) is 2.71. The fourth-order valence-corrected chi connectivity index (χ4v) is 5.24. The molecule has 1 aliphatic heterocycles. The number of anilines is 2. The minimum absolute atomic E-state index is 0.0836. The van der Waals surface area contributed by atoms with Crippen LogP contribution in [-0.2, 0) is 4.79 Å². The van der Waals surface area contributed by atoms with E-state index < -0.39 is 0 Å². The van der Waals surface area contributed by atoms with E-state index in [2.05, 4.69) is 10.2 Å². The van der Waals surface area contributed by atoms with Gasteiger partial charge in [0.25, 0.3) is 5.91 Å². The lowest BCUT2D eigenvalue weighted by Crippen LogP contribution is -2.48. The molecule has 2 amide bonds. The average molecular weight is 506 g/mol. The normalized spacial score (nSPS) is 13.8. The van der Waals surface area contributed by atoms with E-state index >= 15 is 0 Å². The van der Waals surface area contributed by atoms with Gasteiger partial charge in [-0.25, -0.2) is 0 Å². The monoisotopic (exact) mass is 505 g/mol. The van der Waals surface area contributed by atoms with Gasteiger partial charge in [-0.05, 0) is 53.9 Å². The number of piperazine rings is 1. The van der Waals surface area contributed by atoms with Crippen LogP contribution in [0.3, 0.4) is 0 Å². The summed E-state index contributed by atoms with van der Waals surface area (Å²) in [5.41, 5.74) is 1.57. The zero-order chi connectivity index (χ0) is 22.5. The molecule has 1 aromatic heterocycles. The van der Waals surface area contributed by atoms with Crippen LogP contribution in [0.25, 0.3) is 0 Å². The first-order valence-electron chi connectivity index (χ1n) is 10.0. The Balaban J connectivity index is 1.30. The molecule has 1 saturated heterocycles. The van der Waals surface area contributed by atoms with E-state index in [0.29, 0.717) is 47.7 Å². The highest BCUT2D eigenvalue weighted by atomic mass is 35.5. The number of nitrogens with one attached hydrogen (secondary N) is 1. The molecular formula is C23H21Cl2N3O2S2. The second-order valence-corrected chi connectivity index (χ2v) is 10.1. The van der Waals surface area contributed by atoms with Crippen LogP contribution in [0.15, 0.2) is 64.9 Å². The SMILES string of the molecule is O=C(CSc1ccc(Cl)cc1)Nc1ccc(N2CCN(C(=O)c3cccs3)CC2)c(Cl)c1. The van der Waals surface area contributed by atoms with Crippen molar-refractivity contribution in [1.29, 1.82) is 0 Å². The van der Waals surface area contributed by atoms with Crippen LogP contribution in [0, 0.1) is 0 Å². The number of carbonyl (C=O) groups is 2. The second-order valence-electron chi connectivity index (χ2n) is 7.21. The first-order chi connectivity index (χ1) is 15.5. The number of rotatable bonds is 6. The summed E-state index contributed by atoms with van der Waals surface area (Å²) in [4.78, 5) is 30.6. The second kappa shape index (κ2) is 10.6. The average Bonchev–Trinajstić information content (AvgIpc) is 3.34. The predicted octanol–water partition coefficient (Wildman–Crippen LogP) is 5.75. The van der Waals surface area contributed by atoms with Crippen LogP contribution in [0.4, 0.5) is 11.4 Å². The summed E-state index contributed by atoms with van der Waals surface area (Å²) < 4.78 is 0. The molecule has 1 N–H and O–H groups in total. The van der Waals surface area contributed by atoms with Gasteiger partial charge in [0.1, 0.15) is 0 Å². The Bertz CT molecular complexity index is 1080. The van der Waals surface area contributed by atoms with Gasteiger partial charge >= 0.3 is 0 Å². The van der Waals surface area contributed by atoms with Crippen molar-refractivity contribution in [1.82, 2.24) is 4.90 Å². The largest absolute Gasteiger partial charge is 0.367 e. The van der Waals surface area contributed by atoms with Crippen LogP contribution in [0.1, 0.15) is 9.67 Å². The van der Waals surface area contributed by atoms with Crippen molar-refractivity contribution in [3.63, 3.8) is 0 Å². The predicted molar refractivity (Wildman–Crippen MR) is 135 cm³/mol. The molecular weight excluding hydrogens is 485 g/mol. The molecule has 0 unspecified atom stereocenters. The van der Waals surface area contributed by atoms with Crippen molar-refractivity contribution in [3.8, 4) is 0 Å². The number of thiophene rings is 1. The molecule has 9 heteroatoms. The topological polar surface area (TPSA) is 52.7 Å². The van der Waals surface area contributed by atoms with Gasteiger partial charge in [0, 0.05) is 41.8 Å². The molecule has 3 aromatic rings. The zero-order valence-corrected chi connectivity index (χ0v) is 20.2. The highest BCUT2D eigenvalue weighted by Gasteiger charge is 2.24. The smallest absolute Gasteiger partial charge is 0.264 e. The summed E-state index contributed by atoms with van der Waals surface area (Å²) in [5.74, 6) is 0.274. The van der Waals surface area contributed by atoms with Crippen molar-refractivity contribution < 1.29 is 9.59 Å². The third-order valence-electron chi connectivity index (χ3n) is 5.05. The molecule has 0 atom stereocenters. The lowest BCUT2D eigenvalue weighted by molar-refractivity contribution is -0.113. The van der Waals surface area contributed by atoms with Crippen LogP contribution < -0.4 is 10.2 Å². The Hall–Kier alpha value is -2.19. The van der Waals surface area contributed by atoms with E-state index in [9.17, 15) is 9.59 Å². The molecule has 32 heavy (non-hydrogen) atoms. The van der Waals surface area contributed by atoms with Crippen LogP contribution in [0.5, 0.6) is 0 Å². The minimum Gasteiger partial charge on any atom is -0.367 e. The Morgan fingerprint density at radius 2 is 1.75 bits per heavy atom. The third kappa shape index (κ3) is 5.78. The van der Waals surface area contributed by atoms with Crippen molar-refractivity contribution in [2.24, 2.45) is 0 Å². The summed E-state index contributed by atoms with van der Waals surface area (Å²) in [6.07, 6.45) is 0. The molecule has 2 aromatic carbocycles. The maximum Gasteiger partial charge on any atom is 0.264 e. The quantitative estimate of drug-likeness (QED) is 0.433. The standard InChI is InChI=1S/C23H21Cl2N3O2S2/c24-16-3-6-18(7-4-16)32-15-22(29)26-17-5-8-20(19(25)14-17)27-9-11-28(12-10-27)23(30)21-2-1-13-31-21/h1-8,13-14H,9-12,15H2,(H,26,29). The lowest BCUT2D eigenvalue weighted by Gasteiger charge is -2.36. The number of thioether (sulfide) groups is 1. The van der Waals surface area contributed by atoms with E-state index in [1.54, 1.807) is 18.2 Å². The molecule has 1 fully saturated rings. The number of amides is 2. The Labute approximate surface area is 205 Å². The van der Waals surface area contributed by atoms with E-state index in [1.165, 1.54) is 23.1 Å². The summed E-state index contributed by atoms with van der Waals surface area (Å²) >= 11 is 15.3. The van der Waals surface area contributed by atoms with Gasteiger partial charge in [0.05, 0.1) is 21.3 Å². The van der Waals surface area contributed by atoms with E-state index in [4.69, 9.17) is 23.2 Å². The van der Waals surface area contributed by atoms with Gasteiger partial charge in [-0.3, -0.25) is 9.59 Å². The molecule has 0 bridgehead atoms. The fourth-order valence-electron chi connectivity index (χ4n) is 3.42. The van der Waals surface area contributed by atoms with E-state index in [0.717, 1.165) is 15.5 Å². The maximum atomic E-state index is 12.5. The first-order valence-corrected chi connectivity index (χ1v) is 12.7. The van der Waals surface area contributed by atoms with Crippen LogP contribution >= 0.6 is 46.3 Å². The molecule has 1 aliphatic rings. The molecule has 0 spiro atoms. The molecule has 0 radical (unpaired) electrons. The summed E-state index contributed by atoms with van der Waals surface area (Å²) in [5, 5.41) is 6.05. The number of halogens is 2. The molecule has 4 rings (SSSR count). The summed E-state index contributed by atoms with van der Waals surface area (Å²) in [7, 11) is 0. The van der Waals surface area contributed by atoms with E-state index in [-0.39, 0.29) is 11.8 Å². The number of carbonyl (C=O) groups excluding carboxylic acids is 2. The van der Waals surface area contributed by atoms with Gasteiger partial charge in [-0.15, -0.1) is 23.1 Å². The Morgan fingerprint density at radius 3 is 2.41 bits per heavy atom. The van der Waals surface area contributed by atoms with Gasteiger partial charge in [0.15, 0.2) is 0 Å². The maximum absolute atomic E-state index is 12.5. The fraction of sp³-hybridized carbons (Fsp3) is 0.217. The van der Waals surface area contributed by atoms with Crippen molar-refractivity contribution >= 4 is 69.5 Å². The number of nitrogens with zero attached hydrogens (tertiary/aromatic N) is 2. The molecule has 0 aliphatic carbocycles. The molecule has 5 nitrogen and oxygen atoms in total. The van der Waals surface area contributed by atoms with Gasteiger partial charge in [-0.2, -0.15) is 0 Å². The van der Waals surface area contributed by atoms with Gasteiger partial charge in [0.2, 0.25) is 5.91 Å². The van der Waals surface area contributed by atoms with Gasteiger partial charge in [-0.1, -0.05) is 29.3 Å². The lowest BCUT2D eigenvalue weighted by atomic mass is 10.2. The summed E-state index contributed by atoms with van der Waals surface area (Å²) in [6, 6.07) is 16.7. The first kappa shape index (κ1) is 23.0. The van der Waals surface area contributed by atoms with Crippen molar-refractivity contribution in [2.45, 2.75) is 4.90 Å². The molecule has 166 valence electrons. The Morgan fingerprint density at radius 1 is 1.00 bits per heavy atom.